The van der Waals surface area contributed by atoms with Gasteiger partial charge in [0.05, 0.1) is 5.69 Å². The third-order valence-corrected chi connectivity index (χ3v) is 4.38. The van der Waals surface area contributed by atoms with Crippen molar-refractivity contribution in [3.05, 3.63) is 58.9 Å². The van der Waals surface area contributed by atoms with Crippen LogP contribution < -0.4 is 10.2 Å². The number of anilines is 1. The van der Waals surface area contributed by atoms with Crippen LogP contribution in [-0.2, 0) is 16.6 Å². The number of benzene rings is 1. The van der Waals surface area contributed by atoms with Gasteiger partial charge in [0.1, 0.15) is 5.57 Å². The molecule has 1 aromatic heterocycles. The van der Waals surface area contributed by atoms with E-state index in [0.717, 1.165) is 17.0 Å². The molecule has 2 heterocycles. The van der Waals surface area contributed by atoms with Crippen LogP contribution in [0.4, 0.5) is 5.69 Å². The second kappa shape index (κ2) is 6.05. The number of aromatic nitrogens is 1. The van der Waals surface area contributed by atoms with Gasteiger partial charge in [0.25, 0.3) is 11.8 Å². The molecule has 2 aromatic rings. The highest BCUT2D eigenvalue weighted by Crippen LogP contribution is 2.22. The molecule has 0 bridgehead atoms. The van der Waals surface area contributed by atoms with E-state index < -0.39 is 11.8 Å². The highest BCUT2D eigenvalue weighted by Gasteiger charge is 2.34. The summed E-state index contributed by atoms with van der Waals surface area (Å²) in [7, 11) is 1.88. The van der Waals surface area contributed by atoms with Crippen molar-refractivity contribution < 1.29 is 9.59 Å². The van der Waals surface area contributed by atoms with Crippen molar-refractivity contribution >= 4 is 40.9 Å². The second-order valence-electron chi connectivity index (χ2n) is 5.75. The average Bonchev–Trinajstić information content (AvgIpc) is 2.85. The number of carbonyl (C=O) groups is 2. The van der Waals surface area contributed by atoms with Crippen molar-refractivity contribution in [2.24, 2.45) is 7.05 Å². The minimum absolute atomic E-state index is 0.0605. The largest absolute Gasteiger partial charge is 0.348 e. The Bertz CT molecular complexity index is 878. The molecular formula is C18H17N3O2S. The smallest absolute Gasteiger partial charge is 0.270 e. The molecule has 5 nitrogen and oxygen atoms in total. The Morgan fingerprint density at radius 1 is 1.04 bits per heavy atom. The topological polar surface area (TPSA) is 54.3 Å². The first kappa shape index (κ1) is 16.1. The third kappa shape index (κ3) is 2.76. The monoisotopic (exact) mass is 339 g/mol. The predicted molar refractivity (Wildman–Crippen MR) is 97.5 cm³/mol. The van der Waals surface area contributed by atoms with Gasteiger partial charge in [0.2, 0.25) is 0 Å². The summed E-state index contributed by atoms with van der Waals surface area (Å²) in [4.78, 5) is 26.4. The minimum Gasteiger partial charge on any atom is -0.348 e. The van der Waals surface area contributed by atoms with E-state index in [-0.39, 0.29) is 10.7 Å². The Kier molecular flexibility index (Phi) is 4.07. The van der Waals surface area contributed by atoms with Crippen LogP contribution >= 0.6 is 12.2 Å². The summed E-state index contributed by atoms with van der Waals surface area (Å²) in [5.41, 5.74) is 3.59. The summed E-state index contributed by atoms with van der Waals surface area (Å²) in [5, 5.41) is 2.68. The number of rotatable bonds is 2. The molecule has 0 spiro atoms. The first-order chi connectivity index (χ1) is 11.4. The van der Waals surface area contributed by atoms with Crippen LogP contribution in [0, 0.1) is 13.8 Å². The van der Waals surface area contributed by atoms with Crippen molar-refractivity contribution in [2.45, 2.75) is 13.8 Å². The molecule has 122 valence electrons. The number of hydrogen-bond donors (Lipinski definition) is 1. The number of nitrogens with zero attached hydrogens (tertiary/aromatic N) is 2. The zero-order valence-corrected chi connectivity index (χ0v) is 14.5. The van der Waals surface area contributed by atoms with Gasteiger partial charge in [0, 0.05) is 18.4 Å². The SMILES string of the molecule is Cc1ccc(N2C(=O)/C(=C/c3ccc(C)n3C)C(=O)NC2=S)cc1. The lowest BCUT2D eigenvalue weighted by Gasteiger charge is -2.29. The Balaban J connectivity index is 2.03. The summed E-state index contributed by atoms with van der Waals surface area (Å²) >= 11 is 5.18. The Morgan fingerprint density at radius 2 is 1.71 bits per heavy atom. The third-order valence-electron chi connectivity index (χ3n) is 4.10. The van der Waals surface area contributed by atoms with Gasteiger partial charge in [-0.05, 0) is 56.4 Å². The maximum Gasteiger partial charge on any atom is 0.270 e. The molecule has 1 N–H and O–H groups in total. The van der Waals surface area contributed by atoms with Crippen molar-refractivity contribution in [2.75, 3.05) is 4.90 Å². The quantitative estimate of drug-likeness (QED) is 0.519. The van der Waals surface area contributed by atoms with Crippen molar-refractivity contribution in [3.63, 3.8) is 0 Å². The van der Waals surface area contributed by atoms with Crippen LogP contribution in [0.1, 0.15) is 17.0 Å². The van der Waals surface area contributed by atoms with E-state index in [1.807, 2.05) is 49.7 Å². The normalized spacial score (nSPS) is 16.7. The molecule has 0 radical (unpaired) electrons. The molecule has 1 aromatic carbocycles. The molecule has 24 heavy (non-hydrogen) atoms. The molecule has 1 aliphatic heterocycles. The summed E-state index contributed by atoms with van der Waals surface area (Å²) < 4.78 is 1.91. The lowest BCUT2D eigenvalue weighted by atomic mass is 10.1. The fraction of sp³-hybridized carbons (Fsp3) is 0.167. The Labute approximate surface area is 145 Å². The summed E-state index contributed by atoms with van der Waals surface area (Å²) in [6.45, 7) is 3.92. The second-order valence-corrected chi connectivity index (χ2v) is 6.14. The van der Waals surface area contributed by atoms with Gasteiger partial charge in [-0.1, -0.05) is 17.7 Å². The van der Waals surface area contributed by atoms with Crippen LogP contribution in [0.15, 0.2) is 42.0 Å². The standard InChI is InChI=1S/C18H17N3O2S/c1-11-4-7-13(8-5-11)21-17(23)15(16(22)19-18(21)24)10-14-9-6-12(2)20(14)3/h4-10H,1-3H3,(H,19,22,24)/b15-10+. The Hall–Kier alpha value is -2.73. The first-order valence-corrected chi connectivity index (χ1v) is 7.90. The van der Waals surface area contributed by atoms with Crippen LogP contribution in [0.3, 0.4) is 0 Å². The minimum atomic E-state index is -0.479. The summed E-state index contributed by atoms with van der Waals surface area (Å²) in [6, 6.07) is 11.2. The summed E-state index contributed by atoms with van der Waals surface area (Å²) in [5.74, 6) is -0.904. The van der Waals surface area contributed by atoms with Gasteiger partial charge in [-0.2, -0.15) is 0 Å². The number of thiocarbonyl (C=S) groups is 1. The molecule has 0 atom stereocenters. The molecule has 1 fully saturated rings. The Morgan fingerprint density at radius 3 is 2.29 bits per heavy atom. The van der Waals surface area contributed by atoms with E-state index in [1.165, 1.54) is 4.90 Å². The van der Waals surface area contributed by atoms with Crippen LogP contribution in [0.25, 0.3) is 6.08 Å². The highest BCUT2D eigenvalue weighted by atomic mass is 32.1. The van der Waals surface area contributed by atoms with E-state index in [4.69, 9.17) is 12.2 Å². The first-order valence-electron chi connectivity index (χ1n) is 7.49. The van der Waals surface area contributed by atoms with Gasteiger partial charge in [-0.25, -0.2) is 0 Å². The number of nitrogens with one attached hydrogen (secondary N) is 1. The predicted octanol–water partition coefficient (Wildman–Crippen LogP) is 2.47. The zero-order chi connectivity index (χ0) is 17.4. The maximum atomic E-state index is 12.9. The van der Waals surface area contributed by atoms with Gasteiger partial charge in [-0.15, -0.1) is 0 Å². The van der Waals surface area contributed by atoms with E-state index in [9.17, 15) is 9.59 Å². The number of aryl methyl sites for hydroxylation is 2. The van der Waals surface area contributed by atoms with Crippen LogP contribution in [-0.4, -0.2) is 21.5 Å². The fourth-order valence-electron chi connectivity index (χ4n) is 2.51. The van der Waals surface area contributed by atoms with Gasteiger partial charge in [-0.3, -0.25) is 19.8 Å². The van der Waals surface area contributed by atoms with E-state index >= 15 is 0 Å². The molecular weight excluding hydrogens is 322 g/mol. The molecule has 0 unspecified atom stereocenters. The highest BCUT2D eigenvalue weighted by molar-refractivity contribution is 7.80. The van der Waals surface area contributed by atoms with Crippen LogP contribution in [0.5, 0.6) is 0 Å². The van der Waals surface area contributed by atoms with Gasteiger partial charge in [0.15, 0.2) is 5.11 Å². The van der Waals surface area contributed by atoms with E-state index in [1.54, 1.807) is 18.2 Å². The lowest BCUT2D eigenvalue weighted by molar-refractivity contribution is -0.122. The fourth-order valence-corrected chi connectivity index (χ4v) is 2.79. The molecule has 0 saturated carbocycles. The molecule has 2 amide bonds. The van der Waals surface area contributed by atoms with E-state index in [0.29, 0.717) is 5.69 Å². The van der Waals surface area contributed by atoms with Gasteiger partial charge < -0.3 is 4.57 Å². The lowest BCUT2D eigenvalue weighted by Crippen LogP contribution is -2.54. The molecule has 1 saturated heterocycles. The zero-order valence-electron chi connectivity index (χ0n) is 13.7. The van der Waals surface area contributed by atoms with Crippen molar-refractivity contribution in [1.29, 1.82) is 0 Å². The molecule has 6 heteroatoms. The van der Waals surface area contributed by atoms with Crippen molar-refractivity contribution in [1.82, 2.24) is 9.88 Å². The molecule has 3 rings (SSSR count). The number of amides is 2. The van der Waals surface area contributed by atoms with Crippen molar-refractivity contribution in [3.8, 4) is 0 Å². The van der Waals surface area contributed by atoms with E-state index in [2.05, 4.69) is 5.32 Å². The average molecular weight is 339 g/mol. The molecule has 0 aliphatic carbocycles. The van der Waals surface area contributed by atoms with Crippen LogP contribution in [0.2, 0.25) is 0 Å². The molecule has 1 aliphatic rings. The van der Waals surface area contributed by atoms with Gasteiger partial charge >= 0.3 is 0 Å². The summed E-state index contributed by atoms with van der Waals surface area (Å²) in [6.07, 6.45) is 1.59. The maximum absolute atomic E-state index is 12.9. The number of carbonyl (C=O) groups excluding carboxylic acids is 2. The number of hydrogen-bond acceptors (Lipinski definition) is 3.